The Morgan fingerprint density at radius 1 is 1.33 bits per heavy atom. The number of halogens is 1. The van der Waals surface area contributed by atoms with Crippen molar-refractivity contribution in [3.63, 3.8) is 0 Å². The third kappa shape index (κ3) is 6.53. The van der Waals surface area contributed by atoms with Gasteiger partial charge < -0.3 is 11.1 Å². The second kappa shape index (κ2) is 8.34. The fraction of sp³-hybridized carbons (Fsp3) is 0.929. The highest BCUT2D eigenvalue weighted by Gasteiger charge is 2.33. The molecule has 1 unspecified atom stereocenters. The van der Waals surface area contributed by atoms with E-state index in [-0.39, 0.29) is 17.7 Å². The van der Waals surface area contributed by atoms with E-state index in [1.54, 1.807) is 0 Å². The van der Waals surface area contributed by atoms with Gasteiger partial charge in [0.2, 0.25) is 5.91 Å². The summed E-state index contributed by atoms with van der Waals surface area (Å²) in [5.41, 5.74) is 5.19. The predicted octanol–water partition coefficient (Wildman–Crippen LogP) is 1.65. The van der Waals surface area contributed by atoms with Crippen molar-refractivity contribution in [2.75, 3.05) is 12.3 Å². The third-order valence-electron chi connectivity index (χ3n) is 3.89. The van der Waals surface area contributed by atoms with Gasteiger partial charge in [-0.2, -0.15) is 0 Å². The molecule has 0 saturated heterocycles. The summed E-state index contributed by atoms with van der Waals surface area (Å²) < 4.78 is 24.3. The molecule has 21 heavy (non-hydrogen) atoms. The van der Waals surface area contributed by atoms with Crippen molar-refractivity contribution in [1.82, 2.24) is 5.32 Å². The van der Waals surface area contributed by atoms with Gasteiger partial charge in [0.15, 0.2) is 9.84 Å². The number of carbonyl (C=O) groups is 1. The summed E-state index contributed by atoms with van der Waals surface area (Å²) in [7, 11) is -3.32. The van der Waals surface area contributed by atoms with E-state index in [0.717, 1.165) is 19.3 Å². The maximum Gasteiger partial charge on any atom is 0.235 e. The van der Waals surface area contributed by atoms with Crippen molar-refractivity contribution in [3.8, 4) is 0 Å². The zero-order valence-electron chi connectivity index (χ0n) is 13.2. The summed E-state index contributed by atoms with van der Waals surface area (Å²) in [5.74, 6) is -0.452. The molecule has 0 aromatic heterocycles. The van der Waals surface area contributed by atoms with Crippen molar-refractivity contribution in [1.29, 1.82) is 0 Å². The van der Waals surface area contributed by atoms with Gasteiger partial charge in [-0.05, 0) is 32.1 Å². The zero-order chi connectivity index (χ0) is 15.4. The lowest BCUT2D eigenvalue weighted by Crippen LogP contribution is -2.53. The molecule has 1 saturated carbocycles. The van der Waals surface area contributed by atoms with Crippen molar-refractivity contribution in [2.45, 2.75) is 63.7 Å². The molecule has 0 spiro atoms. The fourth-order valence-electron chi connectivity index (χ4n) is 3.01. The largest absolute Gasteiger partial charge is 0.349 e. The van der Waals surface area contributed by atoms with Crippen molar-refractivity contribution in [2.24, 2.45) is 11.7 Å². The molecular formula is C14H29ClN2O3S. The summed E-state index contributed by atoms with van der Waals surface area (Å²) >= 11 is 0. The van der Waals surface area contributed by atoms with E-state index in [1.807, 2.05) is 6.92 Å². The van der Waals surface area contributed by atoms with Gasteiger partial charge in [-0.3, -0.25) is 4.79 Å². The van der Waals surface area contributed by atoms with Crippen LogP contribution >= 0.6 is 12.4 Å². The normalized spacial score (nSPS) is 19.1. The molecule has 7 heteroatoms. The minimum atomic E-state index is -3.32. The van der Waals surface area contributed by atoms with E-state index in [0.29, 0.717) is 25.3 Å². The van der Waals surface area contributed by atoms with E-state index in [2.05, 4.69) is 19.2 Å². The molecule has 0 radical (unpaired) electrons. The number of sulfone groups is 1. The van der Waals surface area contributed by atoms with Crippen LogP contribution in [0.4, 0.5) is 0 Å². The summed E-state index contributed by atoms with van der Waals surface area (Å²) in [6, 6.07) is 0. The minimum Gasteiger partial charge on any atom is -0.349 e. The highest BCUT2D eigenvalue weighted by molar-refractivity contribution is 7.92. The zero-order valence-corrected chi connectivity index (χ0v) is 14.9. The number of hydrogen-bond donors (Lipinski definition) is 2. The second-order valence-corrected chi connectivity index (χ2v) is 8.91. The van der Waals surface area contributed by atoms with Crippen LogP contribution in [0.25, 0.3) is 0 Å². The monoisotopic (exact) mass is 340 g/mol. The van der Waals surface area contributed by atoms with Crippen LogP contribution < -0.4 is 11.1 Å². The Hall–Kier alpha value is -0.330. The molecule has 126 valence electrons. The van der Waals surface area contributed by atoms with E-state index >= 15 is 0 Å². The number of rotatable bonds is 7. The van der Waals surface area contributed by atoms with Gasteiger partial charge in [-0.1, -0.05) is 26.7 Å². The standard InChI is InChI=1S/C14H28N2O3S.ClH/c1-11(2)8-14(3,10-15)16-13(17)9-20(18,19)12-6-4-5-7-12;/h11-12H,4-10,15H2,1-3H3,(H,16,17);1H. The van der Waals surface area contributed by atoms with Gasteiger partial charge in [-0.25, -0.2) is 8.42 Å². The lowest BCUT2D eigenvalue weighted by Gasteiger charge is -2.31. The van der Waals surface area contributed by atoms with Crippen LogP contribution in [0.15, 0.2) is 0 Å². The van der Waals surface area contributed by atoms with Crippen LogP contribution in [-0.2, 0) is 14.6 Å². The Kier molecular flexibility index (Phi) is 8.21. The van der Waals surface area contributed by atoms with E-state index in [1.165, 1.54) is 0 Å². The molecule has 0 aromatic rings. The Morgan fingerprint density at radius 3 is 2.29 bits per heavy atom. The number of hydrogen-bond acceptors (Lipinski definition) is 4. The molecule has 1 fully saturated rings. The molecular weight excluding hydrogens is 312 g/mol. The SMILES string of the molecule is CC(C)CC(C)(CN)NC(=O)CS(=O)(=O)C1CCCC1.Cl. The Labute approximate surface area is 134 Å². The Bertz CT molecular complexity index is 434. The fourth-order valence-corrected chi connectivity index (χ4v) is 4.73. The number of nitrogens with one attached hydrogen (secondary N) is 1. The van der Waals surface area contributed by atoms with Crippen LogP contribution in [0.5, 0.6) is 0 Å². The molecule has 1 rings (SSSR count). The second-order valence-electron chi connectivity index (χ2n) is 6.62. The average Bonchev–Trinajstić information content (AvgIpc) is 2.80. The number of nitrogens with two attached hydrogens (primary N) is 1. The smallest absolute Gasteiger partial charge is 0.235 e. The summed E-state index contributed by atoms with van der Waals surface area (Å²) in [6.07, 6.45) is 4.00. The van der Waals surface area contributed by atoms with Crippen LogP contribution in [0.1, 0.15) is 52.9 Å². The lowest BCUT2D eigenvalue weighted by atomic mass is 9.91. The summed E-state index contributed by atoms with van der Waals surface area (Å²) in [6.45, 7) is 6.28. The van der Waals surface area contributed by atoms with E-state index in [4.69, 9.17) is 5.73 Å². The van der Waals surface area contributed by atoms with Gasteiger partial charge in [0.25, 0.3) is 0 Å². The molecule has 0 aromatic carbocycles. The molecule has 0 heterocycles. The maximum absolute atomic E-state index is 12.1. The van der Waals surface area contributed by atoms with Crippen LogP contribution in [0.3, 0.4) is 0 Å². The van der Waals surface area contributed by atoms with Gasteiger partial charge in [0.1, 0.15) is 5.75 Å². The minimum absolute atomic E-state index is 0. The van der Waals surface area contributed by atoms with Crippen LogP contribution in [0, 0.1) is 5.92 Å². The molecule has 1 amide bonds. The molecule has 1 aliphatic carbocycles. The van der Waals surface area contributed by atoms with Gasteiger partial charge in [0.05, 0.1) is 5.25 Å². The first-order valence-corrected chi connectivity index (χ1v) is 9.13. The number of carbonyl (C=O) groups excluding carboxylic acids is 1. The Morgan fingerprint density at radius 2 is 1.86 bits per heavy atom. The molecule has 1 atom stereocenters. The summed E-state index contributed by atoms with van der Waals surface area (Å²) in [4.78, 5) is 12.0. The van der Waals surface area contributed by atoms with Crippen LogP contribution in [-0.4, -0.2) is 37.4 Å². The molecule has 0 aliphatic heterocycles. The van der Waals surface area contributed by atoms with Gasteiger partial charge in [0, 0.05) is 12.1 Å². The van der Waals surface area contributed by atoms with Crippen LogP contribution in [0.2, 0.25) is 0 Å². The summed E-state index contributed by atoms with van der Waals surface area (Å²) in [5, 5.41) is 2.48. The van der Waals surface area contributed by atoms with E-state index in [9.17, 15) is 13.2 Å². The van der Waals surface area contributed by atoms with Crippen molar-refractivity contribution >= 4 is 28.2 Å². The first-order valence-electron chi connectivity index (χ1n) is 7.41. The molecule has 1 aliphatic rings. The molecule has 0 bridgehead atoms. The Balaban J connectivity index is 0.00000400. The van der Waals surface area contributed by atoms with Crippen molar-refractivity contribution in [3.05, 3.63) is 0 Å². The van der Waals surface area contributed by atoms with E-state index < -0.39 is 27.0 Å². The molecule has 5 nitrogen and oxygen atoms in total. The van der Waals surface area contributed by atoms with Gasteiger partial charge in [-0.15, -0.1) is 12.4 Å². The first kappa shape index (κ1) is 20.7. The van der Waals surface area contributed by atoms with Crippen molar-refractivity contribution < 1.29 is 13.2 Å². The first-order chi connectivity index (χ1) is 9.18. The quantitative estimate of drug-likeness (QED) is 0.737. The highest BCUT2D eigenvalue weighted by atomic mass is 35.5. The molecule has 3 N–H and O–H groups in total. The average molecular weight is 341 g/mol. The highest BCUT2D eigenvalue weighted by Crippen LogP contribution is 2.25. The maximum atomic E-state index is 12.1. The lowest BCUT2D eigenvalue weighted by molar-refractivity contribution is -0.120. The predicted molar refractivity (Wildman–Crippen MR) is 88.3 cm³/mol. The third-order valence-corrected chi connectivity index (χ3v) is 6.04. The topological polar surface area (TPSA) is 89.3 Å². The van der Waals surface area contributed by atoms with Gasteiger partial charge >= 0.3 is 0 Å². The number of amides is 1.